The number of aldehydes is 1. The molecule has 1 amide bonds. The molecular weight excluding hydrogens is 182 g/mol. The molecule has 1 aromatic rings. The van der Waals surface area contributed by atoms with Gasteiger partial charge in [-0.2, -0.15) is 0 Å². The van der Waals surface area contributed by atoms with Gasteiger partial charge in [0.15, 0.2) is 6.29 Å². The molecule has 0 bridgehead atoms. The minimum absolute atomic E-state index is 0.0567. The molecule has 0 fully saturated rings. The highest BCUT2D eigenvalue weighted by Gasteiger charge is 2.03. The number of primary amides is 1. The van der Waals surface area contributed by atoms with Crippen molar-refractivity contribution in [3.63, 3.8) is 0 Å². The van der Waals surface area contributed by atoms with Crippen molar-refractivity contribution < 1.29 is 14.7 Å². The van der Waals surface area contributed by atoms with Crippen LogP contribution < -0.4 is 5.73 Å². The minimum Gasteiger partial charge on any atom is -0.507 e. The van der Waals surface area contributed by atoms with Crippen LogP contribution in [0.5, 0.6) is 5.75 Å². The Morgan fingerprint density at radius 1 is 1.50 bits per heavy atom. The maximum absolute atomic E-state index is 10.5. The van der Waals surface area contributed by atoms with E-state index in [-0.39, 0.29) is 16.9 Å². The van der Waals surface area contributed by atoms with E-state index < -0.39 is 5.91 Å². The summed E-state index contributed by atoms with van der Waals surface area (Å²) in [5.41, 5.74) is 5.14. The Hall–Kier alpha value is -2.28. The van der Waals surface area contributed by atoms with Gasteiger partial charge in [-0.3, -0.25) is 9.59 Å². The summed E-state index contributed by atoms with van der Waals surface area (Å²) in [5, 5.41) is 9.24. The average molecular weight is 189 g/mol. The lowest BCUT2D eigenvalue weighted by Gasteiger charge is -1.98. The molecule has 0 heterocycles. The van der Waals surface area contributed by atoms with E-state index in [0.29, 0.717) is 6.29 Å². The molecule has 0 spiro atoms. The number of amides is 1. The van der Waals surface area contributed by atoms with Crippen molar-refractivity contribution in [1.29, 1.82) is 0 Å². The molecule has 4 heteroatoms. The van der Waals surface area contributed by atoms with Gasteiger partial charge < -0.3 is 10.8 Å². The summed E-state index contributed by atoms with van der Waals surface area (Å²) in [4.78, 5) is 20.9. The van der Waals surface area contributed by atoms with Crippen molar-refractivity contribution in [2.45, 2.75) is 0 Å². The van der Waals surface area contributed by atoms with Gasteiger partial charge in [0.2, 0.25) is 0 Å². The highest BCUT2D eigenvalue weighted by molar-refractivity contribution is 5.93. The molecule has 1 rings (SSSR count). The summed E-state index contributed by atoms with van der Waals surface area (Å²) in [6, 6.07) is 4.39. The quantitative estimate of drug-likeness (QED) is 0.483. The van der Waals surface area contributed by atoms with Crippen molar-refractivity contribution in [3.05, 3.63) is 29.3 Å². The van der Waals surface area contributed by atoms with Crippen molar-refractivity contribution in [3.8, 4) is 17.6 Å². The monoisotopic (exact) mass is 189 g/mol. The predicted octanol–water partition coefficient (Wildman–Crippen LogP) is 0.0415. The fourth-order valence-electron chi connectivity index (χ4n) is 0.915. The molecular formula is C10H7NO3. The number of hydrogen-bond donors (Lipinski definition) is 2. The van der Waals surface area contributed by atoms with Gasteiger partial charge in [-0.25, -0.2) is 0 Å². The van der Waals surface area contributed by atoms with Crippen LogP contribution in [0.4, 0.5) is 0 Å². The number of rotatable bonds is 1. The molecule has 0 aromatic heterocycles. The summed E-state index contributed by atoms with van der Waals surface area (Å²) >= 11 is 0. The number of benzene rings is 1. The van der Waals surface area contributed by atoms with Crippen LogP contribution in [-0.2, 0) is 4.79 Å². The molecule has 3 N–H and O–H groups in total. The molecule has 0 aliphatic rings. The normalized spacial score (nSPS) is 8.57. The maximum atomic E-state index is 10.5. The first-order valence-corrected chi connectivity index (χ1v) is 3.73. The molecule has 0 unspecified atom stereocenters. The van der Waals surface area contributed by atoms with E-state index >= 15 is 0 Å². The zero-order chi connectivity index (χ0) is 10.6. The first-order valence-electron chi connectivity index (χ1n) is 3.73. The average Bonchev–Trinajstić information content (AvgIpc) is 2.14. The molecule has 0 saturated carbocycles. The third-order valence-corrected chi connectivity index (χ3v) is 1.52. The largest absolute Gasteiger partial charge is 0.507 e. The van der Waals surface area contributed by atoms with Crippen LogP contribution in [0.1, 0.15) is 15.9 Å². The number of hydrogen-bond acceptors (Lipinski definition) is 3. The Bertz CT molecular complexity index is 440. The second-order valence-electron chi connectivity index (χ2n) is 2.47. The highest BCUT2D eigenvalue weighted by Crippen LogP contribution is 2.17. The van der Waals surface area contributed by atoms with Crippen LogP contribution in [-0.4, -0.2) is 17.3 Å². The first kappa shape index (κ1) is 9.81. The van der Waals surface area contributed by atoms with Gasteiger partial charge in [-0.15, -0.1) is 0 Å². The third-order valence-electron chi connectivity index (χ3n) is 1.52. The Balaban J connectivity index is 3.23. The second-order valence-corrected chi connectivity index (χ2v) is 2.47. The van der Waals surface area contributed by atoms with E-state index in [0.717, 1.165) is 0 Å². The smallest absolute Gasteiger partial charge is 0.293 e. The molecule has 0 radical (unpaired) electrons. The Labute approximate surface area is 80.3 Å². The van der Waals surface area contributed by atoms with Crippen LogP contribution >= 0.6 is 0 Å². The predicted molar refractivity (Wildman–Crippen MR) is 49.6 cm³/mol. The van der Waals surface area contributed by atoms with Crippen LogP contribution in [0.25, 0.3) is 0 Å². The molecule has 0 atom stereocenters. The van der Waals surface area contributed by atoms with Gasteiger partial charge in [0, 0.05) is 11.5 Å². The summed E-state index contributed by atoms with van der Waals surface area (Å²) in [7, 11) is 0. The maximum Gasteiger partial charge on any atom is 0.293 e. The summed E-state index contributed by atoms with van der Waals surface area (Å²) < 4.78 is 0. The first-order chi connectivity index (χ1) is 6.65. The fraction of sp³-hybridized carbons (Fsp3) is 0. The SMILES string of the molecule is NC(=O)C#Cc1cccc(O)c1C=O. The Morgan fingerprint density at radius 3 is 2.79 bits per heavy atom. The lowest BCUT2D eigenvalue weighted by Crippen LogP contribution is -2.06. The van der Waals surface area contributed by atoms with E-state index in [9.17, 15) is 14.7 Å². The Morgan fingerprint density at radius 2 is 2.21 bits per heavy atom. The van der Waals surface area contributed by atoms with Gasteiger partial charge >= 0.3 is 0 Å². The summed E-state index contributed by atoms with van der Waals surface area (Å²) in [6.45, 7) is 0. The third kappa shape index (κ3) is 2.11. The number of phenols is 1. The van der Waals surface area contributed by atoms with Crippen LogP contribution in [0.2, 0.25) is 0 Å². The van der Waals surface area contributed by atoms with Crippen LogP contribution in [0.3, 0.4) is 0 Å². The molecule has 0 saturated heterocycles. The zero-order valence-electron chi connectivity index (χ0n) is 7.15. The van der Waals surface area contributed by atoms with Crippen LogP contribution in [0.15, 0.2) is 18.2 Å². The number of nitrogens with two attached hydrogens (primary N) is 1. The topological polar surface area (TPSA) is 80.4 Å². The lowest BCUT2D eigenvalue weighted by atomic mass is 10.1. The van der Waals surface area contributed by atoms with Crippen molar-refractivity contribution >= 4 is 12.2 Å². The van der Waals surface area contributed by atoms with Gasteiger partial charge in [0.1, 0.15) is 5.75 Å². The number of aromatic hydroxyl groups is 1. The second kappa shape index (κ2) is 4.10. The van der Waals surface area contributed by atoms with Gasteiger partial charge in [-0.05, 0) is 12.1 Å². The van der Waals surface area contributed by atoms with Gasteiger partial charge in [-0.1, -0.05) is 12.0 Å². The van der Waals surface area contributed by atoms with E-state index in [1.165, 1.54) is 18.2 Å². The molecule has 0 aliphatic heterocycles. The number of phenolic OH excluding ortho intramolecular Hbond substituents is 1. The van der Waals surface area contributed by atoms with Crippen molar-refractivity contribution in [2.24, 2.45) is 5.73 Å². The molecule has 14 heavy (non-hydrogen) atoms. The number of carbonyl (C=O) groups is 2. The molecule has 4 nitrogen and oxygen atoms in total. The van der Waals surface area contributed by atoms with Crippen molar-refractivity contribution in [1.82, 2.24) is 0 Å². The van der Waals surface area contributed by atoms with Gasteiger partial charge in [0.25, 0.3) is 5.91 Å². The standard InChI is InChI=1S/C10H7NO3/c11-10(14)5-4-7-2-1-3-9(13)8(7)6-12/h1-3,6,13H,(H2,11,14). The summed E-state index contributed by atoms with van der Waals surface area (Å²) in [6.07, 6.45) is 0.473. The minimum atomic E-state index is -0.787. The molecule has 70 valence electrons. The van der Waals surface area contributed by atoms with E-state index in [1.807, 2.05) is 0 Å². The number of carbonyl (C=O) groups excluding carboxylic acids is 2. The Kier molecular flexibility index (Phi) is 2.87. The molecule has 1 aromatic carbocycles. The van der Waals surface area contributed by atoms with E-state index in [4.69, 9.17) is 5.73 Å². The van der Waals surface area contributed by atoms with Gasteiger partial charge in [0.05, 0.1) is 5.56 Å². The van der Waals surface area contributed by atoms with E-state index in [2.05, 4.69) is 11.8 Å². The van der Waals surface area contributed by atoms with Crippen molar-refractivity contribution in [2.75, 3.05) is 0 Å². The lowest BCUT2D eigenvalue weighted by molar-refractivity contribution is -0.112. The molecule has 0 aliphatic carbocycles. The highest BCUT2D eigenvalue weighted by atomic mass is 16.3. The zero-order valence-corrected chi connectivity index (χ0v) is 7.15. The van der Waals surface area contributed by atoms with Crippen LogP contribution in [0, 0.1) is 11.8 Å². The van der Waals surface area contributed by atoms with E-state index in [1.54, 1.807) is 0 Å². The fourth-order valence-corrected chi connectivity index (χ4v) is 0.915. The summed E-state index contributed by atoms with van der Waals surface area (Å²) in [5.74, 6) is 3.51.